The summed E-state index contributed by atoms with van der Waals surface area (Å²) in [4.78, 5) is -0.0774. The van der Waals surface area contributed by atoms with Crippen molar-refractivity contribution in [3.63, 3.8) is 0 Å². The molecule has 3 rings (SSSR count). The van der Waals surface area contributed by atoms with Crippen molar-refractivity contribution in [3.8, 4) is 0 Å². The molecule has 1 N–H and O–H groups in total. The Hall–Kier alpha value is -1.78. The quantitative estimate of drug-likeness (QED) is 0.578. The highest BCUT2D eigenvalue weighted by molar-refractivity contribution is 7.93. The maximum atomic E-state index is 13.3. The fourth-order valence-corrected chi connectivity index (χ4v) is 6.87. The van der Waals surface area contributed by atoms with Crippen LogP contribution in [0.3, 0.4) is 0 Å². The van der Waals surface area contributed by atoms with Crippen LogP contribution < -0.4 is 4.72 Å². The first kappa shape index (κ1) is 20.9. The predicted molar refractivity (Wildman–Crippen MR) is 107 cm³/mol. The zero-order valence-electron chi connectivity index (χ0n) is 14.2. The zero-order valence-corrected chi connectivity index (χ0v) is 17.5. The minimum Gasteiger partial charge on any atom is -0.222 e. The Balaban J connectivity index is 1.95. The first-order valence-corrected chi connectivity index (χ1v) is 12.3. The van der Waals surface area contributed by atoms with Crippen molar-refractivity contribution in [2.45, 2.75) is 14.4 Å². The number of thiophene rings is 1. The second-order valence-corrected chi connectivity index (χ2v) is 11.3. The summed E-state index contributed by atoms with van der Waals surface area (Å²) < 4.78 is 66.9. The van der Waals surface area contributed by atoms with E-state index >= 15 is 0 Å². The Labute approximate surface area is 171 Å². The normalized spacial score (nSPS) is 13.4. The Kier molecular flexibility index (Phi) is 6.21. The number of rotatable bonds is 7. The van der Waals surface area contributed by atoms with E-state index in [2.05, 4.69) is 4.72 Å². The van der Waals surface area contributed by atoms with Crippen LogP contribution in [0, 0.1) is 5.82 Å². The number of sulfonamides is 1. The number of sulfone groups is 1. The molecule has 0 saturated carbocycles. The number of hydrogen-bond acceptors (Lipinski definition) is 5. The van der Waals surface area contributed by atoms with E-state index < -0.39 is 37.5 Å². The molecule has 1 heterocycles. The number of halogens is 2. The highest BCUT2D eigenvalue weighted by Crippen LogP contribution is 2.31. The summed E-state index contributed by atoms with van der Waals surface area (Å²) in [6, 6.07) is 13.6. The molecular formula is C18H15ClFNO4S3. The van der Waals surface area contributed by atoms with Gasteiger partial charge in [-0.1, -0.05) is 35.9 Å². The van der Waals surface area contributed by atoms with E-state index in [1.807, 2.05) is 0 Å². The Bertz CT molecular complexity index is 1160. The van der Waals surface area contributed by atoms with Crippen molar-refractivity contribution in [1.82, 2.24) is 4.72 Å². The Morgan fingerprint density at radius 3 is 2.32 bits per heavy atom. The first-order chi connectivity index (χ1) is 13.2. The molecule has 10 heteroatoms. The SMILES string of the molecule is O=S(=O)(NC[C@@H](c1ccc(F)cc1)S(=O)(=O)c1cccs1)c1cccc(Cl)c1. The van der Waals surface area contributed by atoms with Crippen LogP contribution in [0.25, 0.3) is 0 Å². The Morgan fingerprint density at radius 1 is 1.00 bits per heavy atom. The molecule has 0 aliphatic carbocycles. The van der Waals surface area contributed by atoms with Crippen LogP contribution in [0.2, 0.25) is 5.02 Å². The molecule has 0 aliphatic heterocycles. The van der Waals surface area contributed by atoms with E-state index in [-0.39, 0.29) is 19.7 Å². The van der Waals surface area contributed by atoms with E-state index in [9.17, 15) is 21.2 Å². The number of hydrogen-bond donors (Lipinski definition) is 1. The third-order valence-corrected chi connectivity index (χ3v) is 9.15. The Morgan fingerprint density at radius 2 is 1.71 bits per heavy atom. The van der Waals surface area contributed by atoms with Crippen molar-refractivity contribution in [1.29, 1.82) is 0 Å². The molecule has 0 amide bonds. The molecule has 0 saturated heterocycles. The lowest BCUT2D eigenvalue weighted by atomic mass is 10.1. The summed E-state index contributed by atoms with van der Waals surface area (Å²) in [5.74, 6) is -0.518. The number of benzene rings is 2. The summed E-state index contributed by atoms with van der Waals surface area (Å²) in [6.45, 7) is -0.416. The van der Waals surface area contributed by atoms with E-state index in [1.54, 1.807) is 11.4 Å². The topological polar surface area (TPSA) is 80.3 Å². The lowest BCUT2D eigenvalue weighted by Gasteiger charge is -2.18. The van der Waals surface area contributed by atoms with Gasteiger partial charge in [-0.05, 0) is 47.3 Å². The van der Waals surface area contributed by atoms with Gasteiger partial charge in [-0.25, -0.2) is 25.9 Å². The molecule has 1 atom stereocenters. The van der Waals surface area contributed by atoms with E-state index in [0.717, 1.165) is 23.5 Å². The lowest BCUT2D eigenvalue weighted by molar-refractivity contribution is 0.569. The molecule has 0 spiro atoms. The van der Waals surface area contributed by atoms with E-state index in [4.69, 9.17) is 11.6 Å². The van der Waals surface area contributed by atoms with Gasteiger partial charge in [0.15, 0.2) is 9.84 Å². The van der Waals surface area contributed by atoms with Crippen LogP contribution in [0.1, 0.15) is 10.8 Å². The van der Waals surface area contributed by atoms with Crippen LogP contribution in [0.15, 0.2) is 75.1 Å². The van der Waals surface area contributed by atoms with Crippen molar-refractivity contribution in [2.24, 2.45) is 0 Å². The van der Waals surface area contributed by atoms with Gasteiger partial charge in [0.2, 0.25) is 10.0 Å². The van der Waals surface area contributed by atoms with Gasteiger partial charge in [0, 0.05) is 11.6 Å². The molecule has 3 aromatic rings. The summed E-state index contributed by atoms with van der Waals surface area (Å²) in [5, 5.41) is 0.634. The van der Waals surface area contributed by atoms with Gasteiger partial charge in [-0.15, -0.1) is 11.3 Å². The average molecular weight is 460 g/mol. The van der Waals surface area contributed by atoms with Crippen LogP contribution >= 0.6 is 22.9 Å². The smallest absolute Gasteiger partial charge is 0.222 e. The molecule has 148 valence electrons. The summed E-state index contributed by atoms with van der Waals surface area (Å²) >= 11 is 6.87. The van der Waals surface area contributed by atoms with Crippen LogP contribution in [-0.4, -0.2) is 23.4 Å². The molecule has 2 aromatic carbocycles. The second-order valence-electron chi connectivity index (χ2n) is 5.83. The molecule has 0 fully saturated rings. The van der Waals surface area contributed by atoms with Crippen LogP contribution in [0.5, 0.6) is 0 Å². The van der Waals surface area contributed by atoms with Gasteiger partial charge < -0.3 is 0 Å². The lowest BCUT2D eigenvalue weighted by Crippen LogP contribution is -2.31. The van der Waals surface area contributed by atoms with E-state index in [0.29, 0.717) is 0 Å². The molecule has 1 aromatic heterocycles. The second kappa shape index (κ2) is 8.30. The molecule has 5 nitrogen and oxygen atoms in total. The zero-order chi connectivity index (χ0) is 20.4. The molecule has 0 bridgehead atoms. The van der Waals surface area contributed by atoms with Gasteiger partial charge in [0.1, 0.15) is 15.3 Å². The van der Waals surface area contributed by atoms with Gasteiger partial charge in [0.25, 0.3) is 0 Å². The van der Waals surface area contributed by atoms with Crippen molar-refractivity contribution in [2.75, 3.05) is 6.54 Å². The number of nitrogens with one attached hydrogen (secondary N) is 1. The van der Waals surface area contributed by atoms with Crippen molar-refractivity contribution in [3.05, 3.63) is 82.4 Å². The van der Waals surface area contributed by atoms with Gasteiger partial charge >= 0.3 is 0 Å². The average Bonchev–Trinajstić information content (AvgIpc) is 3.19. The largest absolute Gasteiger partial charge is 0.240 e. The molecule has 28 heavy (non-hydrogen) atoms. The standard InChI is InChI=1S/C18H15ClFNO4S3/c19-14-3-1-4-16(11-14)28(24,25)21-12-17(13-6-8-15(20)9-7-13)27(22,23)18-5-2-10-26-18/h1-11,17,21H,12H2/t17-/m0/s1. The van der Waals surface area contributed by atoms with Crippen molar-refractivity contribution < 1.29 is 21.2 Å². The summed E-state index contributed by atoms with van der Waals surface area (Å²) in [5.41, 5.74) is 0.281. The molecule has 0 unspecified atom stereocenters. The van der Waals surface area contributed by atoms with E-state index in [1.165, 1.54) is 42.5 Å². The van der Waals surface area contributed by atoms with Gasteiger partial charge in [-0.2, -0.15) is 0 Å². The predicted octanol–water partition coefficient (Wildman–Crippen LogP) is 4.03. The fourth-order valence-electron chi connectivity index (χ4n) is 2.55. The minimum absolute atomic E-state index is 0.0774. The molecule has 0 radical (unpaired) electrons. The van der Waals surface area contributed by atoms with Crippen LogP contribution in [0.4, 0.5) is 4.39 Å². The molecule has 0 aliphatic rings. The highest BCUT2D eigenvalue weighted by atomic mass is 35.5. The van der Waals surface area contributed by atoms with Gasteiger partial charge in [0.05, 0.1) is 4.90 Å². The summed E-state index contributed by atoms with van der Waals surface area (Å²) in [6.07, 6.45) is 0. The molecular weight excluding hydrogens is 445 g/mol. The van der Waals surface area contributed by atoms with Gasteiger partial charge in [-0.3, -0.25) is 0 Å². The first-order valence-electron chi connectivity index (χ1n) is 7.98. The maximum Gasteiger partial charge on any atom is 0.240 e. The fraction of sp³-hybridized carbons (Fsp3) is 0.111. The minimum atomic E-state index is -3.99. The third-order valence-electron chi connectivity index (χ3n) is 3.96. The monoisotopic (exact) mass is 459 g/mol. The third kappa shape index (κ3) is 4.61. The van der Waals surface area contributed by atoms with Crippen LogP contribution in [-0.2, 0) is 19.9 Å². The maximum absolute atomic E-state index is 13.3. The summed E-state index contributed by atoms with van der Waals surface area (Å²) in [7, 11) is -7.89. The van der Waals surface area contributed by atoms with Crippen molar-refractivity contribution >= 4 is 42.8 Å². The highest BCUT2D eigenvalue weighted by Gasteiger charge is 2.31.